The van der Waals surface area contributed by atoms with Crippen LogP contribution in [0, 0.1) is 0 Å². The summed E-state index contributed by atoms with van der Waals surface area (Å²) < 4.78 is 30.5. The SMILES string of the molecule is CN(C(=O)COc1ccc(N[SH](=O)=O)c2ncccc12)[C@H](CN1CC[C@H](O)C1)c1ccccc1. The molecule has 0 spiro atoms. The number of aromatic nitrogens is 1. The summed E-state index contributed by atoms with van der Waals surface area (Å²) in [6.07, 6.45) is 1.96. The topological polar surface area (TPSA) is 112 Å². The van der Waals surface area contributed by atoms with Gasteiger partial charge < -0.3 is 14.7 Å². The predicted octanol–water partition coefficient (Wildman–Crippen LogP) is 1.82. The van der Waals surface area contributed by atoms with E-state index in [1.54, 1.807) is 42.4 Å². The highest BCUT2D eigenvalue weighted by Gasteiger charge is 2.28. The van der Waals surface area contributed by atoms with Crippen LogP contribution in [0.1, 0.15) is 18.0 Å². The van der Waals surface area contributed by atoms with Gasteiger partial charge in [0.2, 0.25) is 10.9 Å². The number of hydrogen-bond acceptors (Lipinski definition) is 7. The number of hydrogen-bond donors (Lipinski definition) is 3. The van der Waals surface area contributed by atoms with Crippen molar-refractivity contribution in [2.24, 2.45) is 0 Å². The first-order chi connectivity index (χ1) is 16.4. The Morgan fingerprint density at radius 2 is 2.03 bits per heavy atom. The number of thiol groups is 1. The highest BCUT2D eigenvalue weighted by Crippen LogP contribution is 2.30. The largest absolute Gasteiger partial charge is 0.483 e. The van der Waals surface area contributed by atoms with Gasteiger partial charge in [0.25, 0.3) is 5.91 Å². The first-order valence-electron chi connectivity index (χ1n) is 11.0. The maximum Gasteiger partial charge on any atom is 0.260 e. The number of aliphatic hydroxyl groups excluding tert-OH is 1. The van der Waals surface area contributed by atoms with Crippen molar-refractivity contribution >= 4 is 33.4 Å². The number of carbonyl (C=O) groups excluding carboxylic acids is 1. The number of nitrogens with zero attached hydrogens (tertiary/aromatic N) is 3. The molecule has 2 atom stereocenters. The standard InChI is InChI=1S/C24H28N4O5S/c1-27(21(17-6-3-2-4-7-17)15-28-13-11-18(29)14-28)23(30)16-33-22-10-9-20(26-34(31)32)24-19(22)8-5-12-25-24/h2-10,12,18,21,29,34H,11,13-16H2,1H3,(H,26,31,32)/t18-,21+/m0/s1. The van der Waals surface area contributed by atoms with Crippen LogP contribution in [-0.2, 0) is 15.7 Å². The van der Waals surface area contributed by atoms with Gasteiger partial charge in [-0.2, -0.15) is 0 Å². The van der Waals surface area contributed by atoms with Crippen LogP contribution in [0.2, 0.25) is 0 Å². The fourth-order valence-corrected chi connectivity index (χ4v) is 4.60. The Kier molecular flexibility index (Phi) is 7.61. The minimum Gasteiger partial charge on any atom is -0.483 e. The predicted molar refractivity (Wildman–Crippen MR) is 130 cm³/mol. The molecule has 1 amide bonds. The Bertz CT molecular complexity index is 1210. The second-order valence-corrected chi connectivity index (χ2v) is 9.04. The van der Waals surface area contributed by atoms with E-state index in [4.69, 9.17) is 4.74 Å². The van der Waals surface area contributed by atoms with Gasteiger partial charge in [0.1, 0.15) is 5.75 Å². The van der Waals surface area contributed by atoms with Crippen molar-refractivity contribution in [3.05, 3.63) is 66.4 Å². The normalized spacial score (nSPS) is 17.1. The smallest absolute Gasteiger partial charge is 0.260 e. The van der Waals surface area contributed by atoms with Crippen LogP contribution < -0.4 is 9.46 Å². The molecule has 3 aromatic rings. The van der Waals surface area contributed by atoms with E-state index in [1.165, 1.54) is 0 Å². The molecule has 0 aliphatic carbocycles. The lowest BCUT2D eigenvalue weighted by atomic mass is 10.0. The molecule has 2 heterocycles. The minimum atomic E-state index is -2.84. The van der Waals surface area contributed by atoms with Gasteiger partial charge in [0.05, 0.1) is 23.3 Å². The molecule has 34 heavy (non-hydrogen) atoms. The first kappa shape index (κ1) is 23.9. The van der Waals surface area contributed by atoms with Crippen molar-refractivity contribution in [2.45, 2.75) is 18.6 Å². The minimum absolute atomic E-state index is 0.185. The molecule has 1 saturated heterocycles. The zero-order valence-electron chi connectivity index (χ0n) is 18.8. The van der Waals surface area contributed by atoms with Crippen LogP contribution >= 0.6 is 0 Å². The van der Waals surface area contributed by atoms with Crippen molar-refractivity contribution in [3.63, 3.8) is 0 Å². The molecule has 9 nitrogen and oxygen atoms in total. The number of anilines is 1. The zero-order valence-corrected chi connectivity index (χ0v) is 19.7. The molecule has 10 heteroatoms. The first-order valence-corrected chi connectivity index (χ1v) is 12.2. The number of ether oxygens (including phenoxy) is 1. The summed E-state index contributed by atoms with van der Waals surface area (Å²) in [7, 11) is -1.08. The number of carbonyl (C=O) groups is 1. The number of pyridine rings is 1. The van der Waals surface area contributed by atoms with Crippen molar-refractivity contribution in [1.29, 1.82) is 0 Å². The van der Waals surface area contributed by atoms with E-state index in [9.17, 15) is 18.3 Å². The van der Waals surface area contributed by atoms with E-state index in [1.807, 2.05) is 30.3 Å². The van der Waals surface area contributed by atoms with E-state index in [2.05, 4.69) is 14.6 Å². The molecule has 1 aliphatic rings. The third kappa shape index (κ3) is 5.64. The van der Waals surface area contributed by atoms with Crippen LogP contribution in [0.5, 0.6) is 5.75 Å². The van der Waals surface area contributed by atoms with Gasteiger partial charge in [-0.1, -0.05) is 30.3 Å². The van der Waals surface area contributed by atoms with E-state index < -0.39 is 10.9 Å². The molecule has 0 bridgehead atoms. The summed E-state index contributed by atoms with van der Waals surface area (Å²) >= 11 is 0. The Labute approximate surface area is 200 Å². The average Bonchev–Trinajstić information content (AvgIpc) is 3.26. The number of amides is 1. The fraction of sp³-hybridized carbons (Fsp3) is 0.333. The molecular weight excluding hydrogens is 456 g/mol. The molecule has 4 rings (SSSR count). The van der Waals surface area contributed by atoms with E-state index in [0.29, 0.717) is 35.4 Å². The third-order valence-electron chi connectivity index (χ3n) is 6.02. The number of β-amino-alcohol motifs (C(OH)–C–C–N with tert-alkyl or cyclic N) is 1. The summed E-state index contributed by atoms with van der Waals surface area (Å²) in [6.45, 7) is 1.81. The van der Waals surface area contributed by atoms with Crippen LogP contribution in [0.4, 0.5) is 5.69 Å². The van der Waals surface area contributed by atoms with Crippen molar-refractivity contribution in [1.82, 2.24) is 14.8 Å². The summed E-state index contributed by atoms with van der Waals surface area (Å²) in [5, 5.41) is 10.5. The van der Waals surface area contributed by atoms with E-state index in [-0.39, 0.29) is 24.7 Å². The highest BCUT2D eigenvalue weighted by molar-refractivity contribution is 7.73. The number of likely N-dealkylation sites (tertiary alicyclic amines) is 1. The summed E-state index contributed by atoms with van der Waals surface area (Å²) in [5.74, 6) is 0.242. The molecule has 2 N–H and O–H groups in total. The van der Waals surface area contributed by atoms with Crippen LogP contribution in [0.3, 0.4) is 0 Å². The second kappa shape index (κ2) is 10.8. The number of fused-ring (bicyclic) bond motifs is 1. The molecular formula is C24H28N4O5S. The summed E-state index contributed by atoms with van der Waals surface area (Å²) in [6, 6.07) is 16.3. The lowest BCUT2D eigenvalue weighted by Crippen LogP contribution is -2.40. The summed E-state index contributed by atoms with van der Waals surface area (Å²) in [5.41, 5.74) is 1.80. The summed E-state index contributed by atoms with van der Waals surface area (Å²) in [4.78, 5) is 21.2. The number of nitrogens with one attached hydrogen (secondary N) is 1. The molecule has 2 aromatic carbocycles. The second-order valence-electron chi connectivity index (χ2n) is 8.30. The molecule has 1 aliphatic heterocycles. The van der Waals surface area contributed by atoms with Gasteiger partial charge >= 0.3 is 0 Å². The Morgan fingerprint density at radius 1 is 1.24 bits per heavy atom. The fourth-order valence-electron chi connectivity index (χ4n) is 4.23. The lowest BCUT2D eigenvalue weighted by Gasteiger charge is -2.32. The number of benzene rings is 2. The maximum atomic E-state index is 13.1. The average molecular weight is 485 g/mol. The molecule has 180 valence electrons. The van der Waals surface area contributed by atoms with Crippen LogP contribution in [0.25, 0.3) is 10.9 Å². The maximum absolute atomic E-state index is 13.1. The Morgan fingerprint density at radius 3 is 2.74 bits per heavy atom. The number of aliphatic hydroxyl groups is 1. The van der Waals surface area contributed by atoms with Gasteiger partial charge in [-0.15, -0.1) is 0 Å². The van der Waals surface area contributed by atoms with Gasteiger partial charge in [-0.3, -0.25) is 19.4 Å². The van der Waals surface area contributed by atoms with Gasteiger partial charge in [0, 0.05) is 38.3 Å². The molecule has 0 radical (unpaired) electrons. The molecule has 0 saturated carbocycles. The molecule has 1 fully saturated rings. The lowest BCUT2D eigenvalue weighted by molar-refractivity contribution is -0.134. The van der Waals surface area contributed by atoms with Crippen LogP contribution in [-0.4, -0.2) is 73.6 Å². The molecule has 1 aromatic heterocycles. The van der Waals surface area contributed by atoms with E-state index >= 15 is 0 Å². The van der Waals surface area contributed by atoms with Gasteiger partial charge in [-0.25, -0.2) is 8.42 Å². The van der Waals surface area contributed by atoms with Crippen molar-refractivity contribution < 1.29 is 23.1 Å². The Hall–Kier alpha value is -3.21. The van der Waals surface area contributed by atoms with Crippen molar-refractivity contribution in [2.75, 3.05) is 38.0 Å². The zero-order chi connectivity index (χ0) is 24.1. The number of likely N-dealkylation sites (N-methyl/N-ethyl adjacent to an activating group) is 1. The highest BCUT2D eigenvalue weighted by atomic mass is 32.2. The Balaban J connectivity index is 1.50. The van der Waals surface area contributed by atoms with Crippen LogP contribution in [0.15, 0.2) is 60.8 Å². The molecule has 0 unspecified atom stereocenters. The van der Waals surface area contributed by atoms with Crippen molar-refractivity contribution in [3.8, 4) is 5.75 Å². The monoisotopic (exact) mass is 484 g/mol. The van der Waals surface area contributed by atoms with Gasteiger partial charge in [0.15, 0.2) is 6.61 Å². The number of rotatable bonds is 9. The quantitative estimate of drug-likeness (QED) is 0.397. The van der Waals surface area contributed by atoms with Gasteiger partial charge in [-0.05, 0) is 36.2 Å². The third-order valence-corrected chi connectivity index (χ3v) is 6.44. The van der Waals surface area contributed by atoms with E-state index in [0.717, 1.165) is 18.5 Å².